The van der Waals surface area contributed by atoms with Gasteiger partial charge in [0, 0.05) is 29.9 Å². The van der Waals surface area contributed by atoms with Crippen LogP contribution in [0.2, 0.25) is 0 Å². The Bertz CT molecular complexity index is 948. The monoisotopic (exact) mass is 492 g/mol. The van der Waals surface area contributed by atoms with Crippen LogP contribution in [0, 0.1) is 46.3 Å². The molecule has 5 rings (SSSR count). The van der Waals surface area contributed by atoms with Crippen LogP contribution in [0.1, 0.15) is 105 Å². The van der Waals surface area contributed by atoms with E-state index >= 15 is 0 Å². The van der Waals surface area contributed by atoms with Crippen molar-refractivity contribution in [3.63, 3.8) is 0 Å². The molecule has 0 aliphatic heterocycles. The Morgan fingerprint density at radius 3 is 2.39 bits per heavy atom. The lowest BCUT2D eigenvalue weighted by atomic mass is 9.47. The topological polar surface area (TPSA) is 61.3 Å². The molecule has 200 valence electrons. The minimum absolute atomic E-state index is 0.235. The van der Waals surface area contributed by atoms with Gasteiger partial charge in [-0.05, 0) is 97.3 Å². The summed E-state index contributed by atoms with van der Waals surface area (Å²) in [5.74, 6) is 6.15. The molecule has 4 unspecified atom stereocenters. The fraction of sp³-hybridized carbons (Fsp3) is 0.758. The molecular formula is C33H52N2O. The van der Waals surface area contributed by atoms with Gasteiger partial charge in [-0.15, -0.1) is 0 Å². The van der Waals surface area contributed by atoms with Crippen molar-refractivity contribution in [1.29, 1.82) is 0 Å². The quantitative estimate of drug-likeness (QED) is 0.296. The van der Waals surface area contributed by atoms with Crippen LogP contribution in [0.15, 0.2) is 29.8 Å². The van der Waals surface area contributed by atoms with Crippen molar-refractivity contribution in [3.8, 4) is 5.75 Å². The number of nitrogen functional groups attached to an aromatic ring is 2. The number of benzene rings is 1. The Balaban J connectivity index is 1.27. The van der Waals surface area contributed by atoms with E-state index in [4.69, 9.17) is 16.2 Å². The third-order valence-electron chi connectivity index (χ3n) is 11.5. The number of rotatable bonds is 7. The second-order valence-electron chi connectivity index (χ2n) is 14.1. The SMILES string of the molecule is CC(C)CCC[C@@H](C)[C@H]1CCC2C3CC=C4CC(Oc5cc(N)cc(N)c5)CC[C@]4(C)C3CC[C@@]21C. The number of hydrogen-bond donors (Lipinski definition) is 2. The predicted molar refractivity (Wildman–Crippen MR) is 153 cm³/mol. The molecule has 0 saturated heterocycles. The van der Waals surface area contributed by atoms with E-state index in [1.54, 1.807) is 11.6 Å². The number of ether oxygens (including phenoxy) is 1. The zero-order valence-electron chi connectivity index (χ0n) is 23.7. The smallest absolute Gasteiger partial charge is 0.123 e. The fourth-order valence-electron chi connectivity index (χ4n) is 9.66. The summed E-state index contributed by atoms with van der Waals surface area (Å²) in [4.78, 5) is 0. The first-order valence-electron chi connectivity index (χ1n) is 15.1. The van der Waals surface area contributed by atoms with Crippen LogP contribution >= 0.6 is 0 Å². The van der Waals surface area contributed by atoms with Gasteiger partial charge in [0.1, 0.15) is 11.9 Å². The Labute approximate surface area is 220 Å². The molecule has 1 aromatic rings. The highest BCUT2D eigenvalue weighted by molar-refractivity contribution is 5.56. The summed E-state index contributed by atoms with van der Waals surface area (Å²) in [5, 5.41) is 0. The van der Waals surface area contributed by atoms with Gasteiger partial charge < -0.3 is 16.2 Å². The molecular weight excluding hydrogens is 440 g/mol. The number of allylic oxidation sites excluding steroid dienone is 1. The first kappa shape index (κ1) is 26.0. The van der Waals surface area contributed by atoms with E-state index in [0.717, 1.165) is 54.1 Å². The average molecular weight is 493 g/mol. The van der Waals surface area contributed by atoms with E-state index in [2.05, 4.69) is 40.7 Å². The van der Waals surface area contributed by atoms with E-state index in [1.807, 2.05) is 12.1 Å². The zero-order valence-corrected chi connectivity index (χ0v) is 23.7. The Hall–Kier alpha value is -1.64. The van der Waals surface area contributed by atoms with Crippen molar-refractivity contribution in [2.75, 3.05) is 11.5 Å². The standard InChI is InChI=1S/C33H52N2O/c1-21(2)7-6-8-22(3)29-11-12-30-28-10-9-23-17-26(36-27-19-24(34)18-25(35)20-27)13-15-32(23,4)31(28)14-16-33(29,30)5/h9,18-22,26,28-31H,6-8,10-17,34-35H2,1-5H3/t22-,26?,28?,29-,30?,31?,32+,33-/m1/s1. The second kappa shape index (κ2) is 9.91. The molecule has 0 heterocycles. The molecule has 0 spiro atoms. The second-order valence-corrected chi connectivity index (χ2v) is 14.1. The average Bonchev–Trinajstić information content (AvgIpc) is 3.15. The van der Waals surface area contributed by atoms with Crippen LogP contribution in [0.5, 0.6) is 5.75 Å². The van der Waals surface area contributed by atoms with Gasteiger partial charge in [0.05, 0.1) is 0 Å². The zero-order chi connectivity index (χ0) is 25.7. The summed E-state index contributed by atoms with van der Waals surface area (Å²) in [7, 11) is 0. The van der Waals surface area contributed by atoms with Gasteiger partial charge in [-0.3, -0.25) is 0 Å². The molecule has 0 bridgehead atoms. The van der Waals surface area contributed by atoms with Crippen molar-refractivity contribution in [1.82, 2.24) is 0 Å². The largest absolute Gasteiger partial charge is 0.490 e. The minimum atomic E-state index is 0.235. The molecule has 0 aromatic heterocycles. The van der Waals surface area contributed by atoms with Gasteiger partial charge >= 0.3 is 0 Å². The minimum Gasteiger partial charge on any atom is -0.490 e. The maximum absolute atomic E-state index is 6.42. The molecule has 4 aliphatic carbocycles. The number of nitrogens with two attached hydrogens (primary N) is 2. The summed E-state index contributed by atoms with van der Waals surface area (Å²) < 4.78 is 6.42. The van der Waals surface area contributed by atoms with Gasteiger partial charge in [-0.25, -0.2) is 0 Å². The number of hydrogen-bond acceptors (Lipinski definition) is 3. The Morgan fingerprint density at radius 2 is 1.67 bits per heavy atom. The fourth-order valence-corrected chi connectivity index (χ4v) is 9.66. The van der Waals surface area contributed by atoms with E-state index in [0.29, 0.717) is 22.2 Å². The predicted octanol–water partition coefficient (Wildman–Crippen LogP) is 8.64. The molecule has 4 aliphatic rings. The van der Waals surface area contributed by atoms with Gasteiger partial charge in [0.25, 0.3) is 0 Å². The first-order valence-corrected chi connectivity index (χ1v) is 15.1. The van der Waals surface area contributed by atoms with E-state index < -0.39 is 0 Å². The van der Waals surface area contributed by atoms with Gasteiger partial charge in [-0.2, -0.15) is 0 Å². The van der Waals surface area contributed by atoms with Crippen molar-refractivity contribution in [3.05, 3.63) is 29.8 Å². The van der Waals surface area contributed by atoms with Crippen LogP contribution < -0.4 is 16.2 Å². The lowest BCUT2D eigenvalue weighted by molar-refractivity contribution is -0.0559. The highest BCUT2D eigenvalue weighted by Gasteiger charge is 2.59. The maximum atomic E-state index is 6.42. The molecule has 0 radical (unpaired) electrons. The Kier molecular flexibility index (Phi) is 7.16. The molecule has 3 saturated carbocycles. The highest BCUT2D eigenvalue weighted by atomic mass is 16.5. The molecule has 3 heteroatoms. The molecule has 1 aromatic carbocycles. The number of fused-ring (bicyclic) bond motifs is 5. The summed E-state index contributed by atoms with van der Waals surface area (Å²) in [6.45, 7) is 12.6. The maximum Gasteiger partial charge on any atom is 0.123 e. The van der Waals surface area contributed by atoms with Crippen molar-refractivity contribution in [2.45, 2.75) is 111 Å². The van der Waals surface area contributed by atoms with Crippen LogP contribution in [0.3, 0.4) is 0 Å². The highest BCUT2D eigenvalue weighted by Crippen LogP contribution is 2.67. The summed E-state index contributed by atoms with van der Waals surface area (Å²) in [6, 6.07) is 5.63. The third kappa shape index (κ3) is 4.69. The van der Waals surface area contributed by atoms with Crippen molar-refractivity contribution >= 4 is 11.4 Å². The Morgan fingerprint density at radius 1 is 0.917 bits per heavy atom. The third-order valence-corrected chi connectivity index (χ3v) is 11.5. The molecule has 4 N–H and O–H groups in total. The molecule has 3 nitrogen and oxygen atoms in total. The molecule has 36 heavy (non-hydrogen) atoms. The normalized spacial score (nSPS) is 38.6. The van der Waals surface area contributed by atoms with E-state index in [9.17, 15) is 0 Å². The van der Waals surface area contributed by atoms with Gasteiger partial charge in [0.2, 0.25) is 0 Å². The number of anilines is 2. The van der Waals surface area contributed by atoms with Crippen LogP contribution in [-0.2, 0) is 0 Å². The lowest BCUT2D eigenvalue weighted by Crippen LogP contribution is -2.51. The van der Waals surface area contributed by atoms with Crippen LogP contribution in [-0.4, -0.2) is 6.10 Å². The molecule has 3 fully saturated rings. The summed E-state index contributed by atoms with van der Waals surface area (Å²) in [5.41, 5.74) is 16.0. The van der Waals surface area contributed by atoms with E-state index in [-0.39, 0.29) is 6.10 Å². The van der Waals surface area contributed by atoms with Crippen LogP contribution in [0.25, 0.3) is 0 Å². The van der Waals surface area contributed by atoms with Gasteiger partial charge in [-0.1, -0.05) is 65.5 Å². The van der Waals surface area contributed by atoms with Crippen molar-refractivity contribution < 1.29 is 4.74 Å². The summed E-state index contributed by atoms with van der Waals surface area (Å²) in [6.07, 6.45) is 17.7. The lowest BCUT2D eigenvalue weighted by Gasteiger charge is -2.58. The van der Waals surface area contributed by atoms with Crippen molar-refractivity contribution in [2.24, 2.45) is 46.3 Å². The molecule has 0 amide bonds. The van der Waals surface area contributed by atoms with Gasteiger partial charge in [0.15, 0.2) is 0 Å². The summed E-state index contributed by atoms with van der Waals surface area (Å²) >= 11 is 0. The first-order chi connectivity index (χ1) is 17.1. The van der Waals surface area contributed by atoms with E-state index in [1.165, 1.54) is 57.8 Å². The van der Waals surface area contributed by atoms with Crippen LogP contribution in [0.4, 0.5) is 11.4 Å². The molecule has 8 atom stereocenters.